The molecule has 2 aromatic rings. The summed E-state index contributed by atoms with van der Waals surface area (Å²) < 4.78 is 0. The summed E-state index contributed by atoms with van der Waals surface area (Å²) in [7, 11) is 0. The number of aryl methyl sites for hydroxylation is 1. The minimum absolute atomic E-state index is 0. The van der Waals surface area contributed by atoms with E-state index in [1.54, 1.807) is 6.07 Å². The number of fused-ring (bicyclic) bond motifs is 1. The number of aromatic hydroxyl groups is 1. The number of phenolic OH excluding ortho intramolecular Hbond substituents is 1. The van der Waals surface area contributed by atoms with Crippen LogP contribution in [0.2, 0.25) is 0 Å². The minimum Gasteiger partial charge on any atom is -2.00 e. The molecule has 1 aromatic carbocycles. The number of nitrogens with zero attached hydrogens (tertiary/aromatic N) is 1. The topological polar surface area (TPSA) is 119 Å². The number of pyridine rings is 1. The molecular formula is C10H9Al2NO4. The van der Waals surface area contributed by atoms with E-state index < -0.39 is 0 Å². The van der Waals surface area contributed by atoms with Crippen LogP contribution in [0.3, 0.4) is 0 Å². The Bertz CT molecular complexity index is 440. The second-order valence-corrected chi connectivity index (χ2v) is 2.80. The largest absolute Gasteiger partial charge is 3.00 e. The summed E-state index contributed by atoms with van der Waals surface area (Å²) in [5, 5.41) is 10.4. The fourth-order valence-electron chi connectivity index (χ4n) is 1.23. The number of rotatable bonds is 0. The molecule has 1 aromatic heterocycles. The van der Waals surface area contributed by atoms with Crippen molar-refractivity contribution >= 4 is 45.6 Å². The maximum Gasteiger partial charge on any atom is 3.00 e. The second kappa shape index (κ2) is 10.5. The molecule has 84 valence electrons. The first-order chi connectivity index (χ1) is 5.77. The van der Waals surface area contributed by atoms with Gasteiger partial charge in [-0.3, -0.25) is 0 Å². The van der Waals surface area contributed by atoms with Gasteiger partial charge in [0, 0.05) is 11.1 Å². The van der Waals surface area contributed by atoms with Gasteiger partial charge < -0.3 is 21.5 Å². The van der Waals surface area contributed by atoms with Crippen molar-refractivity contribution in [3.63, 3.8) is 0 Å². The third-order valence-corrected chi connectivity index (χ3v) is 1.84. The Balaban J connectivity index is -0.000000169. The van der Waals surface area contributed by atoms with E-state index in [-0.39, 0.29) is 56.9 Å². The molecule has 5 nitrogen and oxygen atoms in total. The van der Waals surface area contributed by atoms with Crippen molar-refractivity contribution in [2.45, 2.75) is 6.92 Å². The van der Waals surface area contributed by atoms with E-state index >= 15 is 0 Å². The predicted molar refractivity (Wildman–Crippen MR) is 61.7 cm³/mol. The van der Waals surface area contributed by atoms with Gasteiger partial charge in [0.25, 0.3) is 0 Å². The first-order valence-electron chi connectivity index (χ1n) is 3.83. The Morgan fingerprint density at radius 3 is 2.12 bits per heavy atom. The number of benzene rings is 1. The van der Waals surface area contributed by atoms with Crippen molar-refractivity contribution in [3.05, 3.63) is 36.0 Å². The van der Waals surface area contributed by atoms with E-state index in [1.807, 2.05) is 31.2 Å². The van der Waals surface area contributed by atoms with E-state index in [0.717, 1.165) is 11.1 Å². The van der Waals surface area contributed by atoms with Crippen LogP contribution < -0.4 is 0 Å². The van der Waals surface area contributed by atoms with Gasteiger partial charge in [-0.05, 0) is 19.1 Å². The normalized spacial score (nSPS) is 7.35. The maximum absolute atomic E-state index is 9.43. The first kappa shape index (κ1) is 25.3. The third-order valence-electron chi connectivity index (χ3n) is 1.84. The van der Waals surface area contributed by atoms with E-state index in [4.69, 9.17) is 0 Å². The molecule has 0 bridgehead atoms. The van der Waals surface area contributed by atoms with E-state index in [0.29, 0.717) is 5.52 Å². The average molecular weight is 261 g/mol. The number of hydrogen-bond acceptors (Lipinski definition) is 2. The fourth-order valence-corrected chi connectivity index (χ4v) is 1.23. The fraction of sp³-hybridized carbons (Fsp3) is 0.100. The standard InChI is InChI=1S/C10H9NO.2Al.3O/c1-7-5-6-8-3-2-4-9(12)10(8)11-7;;;;;/h2-6,12H,1H3;;;;;/q;2*+3;3*-2. The molecule has 0 atom stereocenters. The second-order valence-electron chi connectivity index (χ2n) is 2.80. The van der Waals surface area contributed by atoms with E-state index in [9.17, 15) is 5.11 Å². The summed E-state index contributed by atoms with van der Waals surface area (Å²) in [6, 6.07) is 9.28. The number of para-hydroxylation sites is 1. The smallest absolute Gasteiger partial charge is 2.00 e. The molecule has 0 saturated carbocycles. The van der Waals surface area contributed by atoms with Crippen molar-refractivity contribution < 1.29 is 21.5 Å². The van der Waals surface area contributed by atoms with Crippen molar-refractivity contribution in [2.24, 2.45) is 0 Å². The van der Waals surface area contributed by atoms with Crippen LogP contribution in [-0.2, 0) is 16.4 Å². The van der Waals surface area contributed by atoms with Gasteiger partial charge in [-0.2, -0.15) is 0 Å². The molecule has 0 aliphatic carbocycles. The van der Waals surface area contributed by atoms with Crippen molar-refractivity contribution in [2.75, 3.05) is 0 Å². The van der Waals surface area contributed by atoms with Crippen LogP contribution in [0.5, 0.6) is 5.75 Å². The van der Waals surface area contributed by atoms with E-state index in [2.05, 4.69) is 4.98 Å². The van der Waals surface area contributed by atoms with Crippen LogP contribution in [0.1, 0.15) is 5.69 Å². The van der Waals surface area contributed by atoms with Gasteiger partial charge in [0.2, 0.25) is 0 Å². The Hall–Kier alpha value is -0.625. The Morgan fingerprint density at radius 2 is 1.53 bits per heavy atom. The zero-order chi connectivity index (χ0) is 8.55. The van der Waals surface area contributed by atoms with Crippen LogP contribution in [0.25, 0.3) is 10.9 Å². The Labute approximate surface area is 121 Å². The van der Waals surface area contributed by atoms with Crippen LogP contribution in [-0.4, -0.2) is 44.8 Å². The maximum atomic E-state index is 9.43. The Kier molecular flexibility index (Phi) is 15.6. The van der Waals surface area contributed by atoms with Crippen LogP contribution in [0.4, 0.5) is 0 Å². The zero-order valence-corrected chi connectivity index (χ0v) is 11.5. The summed E-state index contributed by atoms with van der Waals surface area (Å²) in [6.45, 7) is 1.91. The van der Waals surface area contributed by atoms with Crippen molar-refractivity contribution in [1.82, 2.24) is 4.98 Å². The summed E-state index contributed by atoms with van der Waals surface area (Å²) in [4.78, 5) is 4.23. The molecule has 0 saturated heterocycles. The first-order valence-corrected chi connectivity index (χ1v) is 3.83. The number of aromatic nitrogens is 1. The minimum atomic E-state index is 0. The number of phenols is 1. The molecular weight excluding hydrogens is 252 g/mol. The van der Waals surface area contributed by atoms with Gasteiger partial charge in [0.1, 0.15) is 11.3 Å². The monoisotopic (exact) mass is 261 g/mol. The SMILES string of the molecule is Cc1ccc2cccc(O)c2n1.[Al+3].[Al+3].[O-2].[O-2].[O-2]. The third kappa shape index (κ3) is 5.49. The van der Waals surface area contributed by atoms with E-state index in [1.165, 1.54) is 0 Å². The predicted octanol–water partition coefficient (Wildman–Crippen LogP) is 1.13. The summed E-state index contributed by atoms with van der Waals surface area (Å²) in [5.41, 5.74) is 1.60. The van der Waals surface area contributed by atoms with Gasteiger partial charge in [-0.1, -0.05) is 18.2 Å². The van der Waals surface area contributed by atoms with Gasteiger partial charge in [0.05, 0.1) is 0 Å². The quantitative estimate of drug-likeness (QED) is 0.715. The molecule has 2 rings (SSSR count). The molecule has 1 N–H and O–H groups in total. The van der Waals surface area contributed by atoms with Crippen LogP contribution >= 0.6 is 0 Å². The zero-order valence-electron chi connectivity index (χ0n) is 9.16. The average Bonchev–Trinajstić information content (AvgIpc) is 2.07. The molecule has 17 heavy (non-hydrogen) atoms. The van der Waals surface area contributed by atoms with Crippen LogP contribution in [0, 0.1) is 6.92 Å². The van der Waals surface area contributed by atoms with Gasteiger partial charge in [-0.25, -0.2) is 4.98 Å². The van der Waals surface area contributed by atoms with Crippen molar-refractivity contribution in [3.8, 4) is 5.75 Å². The summed E-state index contributed by atoms with van der Waals surface area (Å²) in [5.74, 6) is 0.246. The molecule has 0 unspecified atom stereocenters. The molecule has 1 heterocycles. The van der Waals surface area contributed by atoms with Crippen molar-refractivity contribution in [1.29, 1.82) is 0 Å². The molecule has 0 spiro atoms. The molecule has 0 fully saturated rings. The van der Waals surface area contributed by atoms with Gasteiger partial charge in [-0.15, -0.1) is 0 Å². The Morgan fingerprint density at radius 1 is 0.941 bits per heavy atom. The number of hydrogen-bond donors (Lipinski definition) is 1. The molecule has 0 radical (unpaired) electrons. The van der Waals surface area contributed by atoms with Crippen LogP contribution in [0.15, 0.2) is 30.3 Å². The molecule has 7 heteroatoms. The van der Waals surface area contributed by atoms with Gasteiger partial charge >= 0.3 is 34.7 Å². The molecule has 0 aliphatic rings. The summed E-state index contributed by atoms with van der Waals surface area (Å²) in [6.07, 6.45) is 0. The molecule has 0 aliphatic heterocycles. The molecule has 0 amide bonds. The summed E-state index contributed by atoms with van der Waals surface area (Å²) >= 11 is 0. The van der Waals surface area contributed by atoms with Gasteiger partial charge in [0.15, 0.2) is 0 Å².